The number of aromatic nitrogens is 1. The minimum absolute atomic E-state index is 0.206. The molecular formula is C7H7NO2. The fraction of sp³-hybridized carbons (Fsp3) is 0.143. The van der Waals surface area contributed by atoms with Gasteiger partial charge >= 0.3 is 5.97 Å². The summed E-state index contributed by atoms with van der Waals surface area (Å²) < 4.78 is 1.42. The molecule has 0 amide bonds. The second kappa shape index (κ2) is 2.17. The minimum Gasteiger partial charge on any atom is -0.477 e. The Morgan fingerprint density at radius 3 is 2.50 bits per heavy atom. The highest BCUT2D eigenvalue weighted by molar-refractivity contribution is 5.86. The standard InChI is InChI=1S/C7H7NO2/c1-5-3-4-6(7(9)10)8(5)2/h1,3-4H,2H3,(H,9,10). The van der Waals surface area contributed by atoms with Crippen molar-refractivity contribution >= 4 is 5.97 Å². The summed E-state index contributed by atoms with van der Waals surface area (Å²) in [6, 6.07) is 3.03. The molecule has 1 heterocycles. The highest BCUT2D eigenvalue weighted by Gasteiger charge is 2.07. The van der Waals surface area contributed by atoms with Crippen LogP contribution in [0.15, 0.2) is 12.1 Å². The van der Waals surface area contributed by atoms with E-state index in [-0.39, 0.29) is 5.69 Å². The van der Waals surface area contributed by atoms with Gasteiger partial charge in [-0.05, 0) is 12.1 Å². The van der Waals surface area contributed by atoms with Crippen LogP contribution in [0.4, 0.5) is 0 Å². The van der Waals surface area contributed by atoms with Crippen LogP contribution < -0.4 is 0 Å². The van der Waals surface area contributed by atoms with Crippen molar-refractivity contribution in [3.63, 3.8) is 0 Å². The molecule has 0 atom stereocenters. The summed E-state index contributed by atoms with van der Waals surface area (Å²) >= 11 is 0. The fourth-order valence-electron chi connectivity index (χ4n) is 0.742. The van der Waals surface area contributed by atoms with E-state index in [9.17, 15) is 4.79 Å². The first-order chi connectivity index (χ1) is 4.63. The Balaban J connectivity index is 3.17. The van der Waals surface area contributed by atoms with Crippen LogP contribution in [0.25, 0.3) is 0 Å². The topological polar surface area (TPSA) is 42.2 Å². The van der Waals surface area contributed by atoms with Crippen molar-refractivity contribution < 1.29 is 9.90 Å². The molecule has 0 unspecified atom stereocenters. The van der Waals surface area contributed by atoms with Crippen molar-refractivity contribution in [2.75, 3.05) is 0 Å². The molecule has 0 aliphatic heterocycles. The second-order valence-electron chi connectivity index (χ2n) is 2.01. The lowest BCUT2D eigenvalue weighted by molar-refractivity contribution is 0.0686. The number of rotatable bonds is 1. The van der Waals surface area contributed by atoms with Gasteiger partial charge in [-0.15, -0.1) is 0 Å². The summed E-state index contributed by atoms with van der Waals surface area (Å²) in [5.74, 6) is -0.959. The van der Waals surface area contributed by atoms with E-state index in [0.717, 1.165) is 0 Å². The van der Waals surface area contributed by atoms with E-state index in [4.69, 9.17) is 12.0 Å². The molecule has 3 nitrogen and oxygen atoms in total. The van der Waals surface area contributed by atoms with Gasteiger partial charge in [0.2, 0.25) is 0 Å². The smallest absolute Gasteiger partial charge is 0.352 e. The van der Waals surface area contributed by atoms with Gasteiger partial charge < -0.3 is 9.67 Å². The highest BCUT2D eigenvalue weighted by Crippen LogP contribution is 2.04. The average molecular weight is 137 g/mol. The predicted molar refractivity (Wildman–Crippen MR) is 35.8 cm³/mol. The molecule has 52 valence electrons. The molecule has 1 N–H and O–H groups in total. The SMILES string of the molecule is [CH]c1ccc(C(=O)O)n1C. The van der Waals surface area contributed by atoms with E-state index in [0.29, 0.717) is 5.69 Å². The summed E-state index contributed by atoms with van der Waals surface area (Å²) in [6.07, 6.45) is 0. The lowest BCUT2D eigenvalue weighted by atomic mass is 10.4. The molecule has 1 aromatic heterocycles. The summed E-state index contributed by atoms with van der Waals surface area (Å²) in [7, 11) is 1.61. The molecular weight excluding hydrogens is 130 g/mol. The van der Waals surface area contributed by atoms with Gasteiger partial charge in [-0.2, -0.15) is 0 Å². The lowest BCUT2D eigenvalue weighted by Gasteiger charge is -1.97. The fourth-order valence-corrected chi connectivity index (χ4v) is 0.742. The molecule has 1 rings (SSSR count). The van der Waals surface area contributed by atoms with Gasteiger partial charge in [0, 0.05) is 19.7 Å². The zero-order chi connectivity index (χ0) is 7.72. The zero-order valence-corrected chi connectivity index (χ0v) is 5.53. The molecule has 1 aromatic rings. The van der Waals surface area contributed by atoms with Gasteiger partial charge in [0.15, 0.2) is 0 Å². The van der Waals surface area contributed by atoms with E-state index >= 15 is 0 Å². The molecule has 0 saturated heterocycles. The Hall–Kier alpha value is -1.25. The zero-order valence-electron chi connectivity index (χ0n) is 5.53. The number of aromatic carboxylic acids is 1. The molecule has 3 heteroatoms. The number of hydrogen-bond donors (Lipinski definition) is 1. The van der Waals surface area contributed by atoms with Gasteiger partial charge in [0.05, 0.1) is 0 Å². The molecule has 0 bridgehead atoms. The summed E-state index contributed by atoms with van der Waals surface area (Å²) in [5.41, 5.74) is 0.662. The maximum Gasteiger partial charge on any atom is 0.352 e. The van der Waals surface area contributed by atoms with Crippen molar-refractivity contribution in [3.8, 4) is 0 Å². The van der Waals surface area contributed by atoms with Crippen molar-refractivity contribution in [1.82, 2.24) is 4.57 Å². The monoisotopic (exact) mass is 137 g/mol. The number of carboxylic acid groups (broad SMARTS) is 1. The van der Waals surface area contributed by atoms with Gasteiger partial charge in [0.25, 0.3) is 0 Å². The predicted octanol–water partition coefficient (Wildman–Crippen LogP) is 0.782. The van der Waals surface area contributed by atoms with Gasteiger partial charge in [-0.25, -0.2) is 4.79 Å². The third-order valence-corrected chi connectivity index (χ3v) is 1.38. The van der Waals surface area contributed by atoms with E-state index < -0.39 is 5.97 Å². The van der Waals surface area contributed by atoms with Gasteiger partial charge in [-0.3, -0.25) is 0 Å². The Labute approximate surface area is 58.9 Å². The van der Waals surface area contributed by atoms with E-state index in [1.54, 1.807) is 13.1 Å². The number of carboxylic acids is 1. The summed E-state index contributed by atoms with van der Waals surface area (Å²) in [5, 5.41) is 8.50. The Morgan fingerprint density at radius 1 is 1.70 bits per heavy atom. The van der Waals surface area contributed by atoms with Crippen molar-refractivity contribution in [3.05, 3.63) is 30.4 Å². The number of hydrogen-bond acceptors (Lipinski definition) is 1. The molecule has 0 aliphatic carbocycles. The molecule has 0 saturated carbocycles. The number of carbonyl (C=O) groups is 1. The van der Waals surface area contributed by atoms with Crippen LogP contribution in [0.5, 0.6) is 0 Å². The van der Waals surface area contributed by atoms with Crippen LogP contribution in [0, 0.1) is 6.92 Å². The van der Waals surface area contributed by atoms with Gasteiger partial charge in [0.1, 0.15) is 5.69 Å². The molecule has 10 heavy (non-hydrogen) atoms. The maximum atomic E-state index is 10.4. The Kier molecular flexibility index (Phi) is 1.49. The van der Waals surface area contributed by atoms with Gasteiger partial charge in [-0.1, -0.05) is 0 Å². The van der Waals surface area contributed by atoms with Crippen molar-refractivity contribution in [2.24, 2.45) is 7.05 Å². The van der Waals surface area contributed by atoms with Crippen LogP contribution >= 0.6 is 0 Å². The normalized spacial score (nSPS) is 9.80. The first-order valence-electron chi connectivity index (χ1n) is 2.77. The van der Waals surface area contributed by atoms with E-state index in [2.05, 4.69) is 0 Å². The second-order valence-corrected chi connectivity index (χ2v) is 2.01. The molecule has 2 radical (unpaired) electrons. The van der Waals surface area contributed by atoms with Crippen LogP contribution in [-0.2, 0) is 7.05 Å². The summed E-state index contributed by atoms with van der Waals surface area (Å²) in [4.78, 5) is 10.4. The van der Waals surface area contributed by atoms with E-state index in [1.165, 1.54) is 10.6 Å². The molecule has 0 aliphatic rings. The molecule has 0 fully saturated rings. The van der Waals surface area contributed by atoms with Crippen molar-refractivity contribution in [1.29, 1.82) is 0 Å². The first kappa shape index (κ1) is 6.86. The molecule has 0 spiro atoms. The molecule has 0 aromatic carbocycles. The third kappa shape index (κ3) is 0.900. The largest absolute Gasteiger partial charge is 0.477 e. The number of nitrogens with zero attached hydrogens (tertiary/aromatic N) is 1. The van der Waals surface area contributed by atoms with Crippen molar-refractivity contribution in [2.45, 2.75) is 0 Å². The lowest BCUT2D eigenvalue weighted by Crippen LogP contribution is -2.04. The third-order valence-electron chi connectivity index (χ3n) is 1.38. The Bertz CT molecular complexity index is 263. The quantitative estimate of drug-likeness (QED) is 0.621. The first-order valence-corrected chi connectivity index (χ1v) is 2.77. The van der Waals surface area contributed by atoms with Crippen LogP contribution in [0.3, 0.4) is 0 Å². The highest BCUT2D eigenvalue weighted by atomic mass is 16.4. The summed E-state index contributed by atoms with van der Waals surface area (Å²) in [6.45, 7) is 5.38. The van der Waals surface area contributed by atoms with Crippen LogP contribution in [-0.4, -0.2) is 15.6 Å². The van der Waals surface area contributed by atoms with Crippen LogP contribution in [0.1, 0.15) is 16.2 Å². The average Bonchev–Trinajstić information content (AvgIpc) is 2.14. The van der Waals surface area contributed by atoms with E-state index in [1.807, 2.05) is 0 Å². The van der Waals surface area contributed by atoms with Crippen LogP contribution in [0.2, 0.25) is 0 Å². The Morgan fingerprint density at radius 2 is 2.30 bits per heavy atom. The maximum absolute atomic E-state index is 10.4. The minimum atomic E-state index is -0.959.